The van der Waals surface area contributed by atoms with Gasteiger partial charge in [0.25, 0.3) is 5.91 Å². The molecule has 2 aliphatic heterocycles. The summed E-state index contributed by atoms with van der Waals surface area (Å²) in [6.45, 7) is 4.99. The van der Waals surface area contributed by atoms with Crippen LogP contribution in [0.2, 0.25) is 0 Å². The van der Waals surface area contributed by atoms with E-state index in [9.17, 15) is 9.59 Å². The van der Waals surface area contributed by atoms with Crippen LogP contribution in [0, 0.1) is 5.92 Å². The maximum absolute atomic E-state index is 12.8. The van der Waals surface area contributed by atoms with Gasteiger partial charge in [0.15, 0.2) is 0 Å². The minimum atomic E-state index is -0.222. The number of carbonyl (C=O) groups excluding carboxylic acids is 2. The van der Waals surface area contributed by atoms with E-state index in [2.05, 4.69) is 60.7 Å². The van der Waals surface area contributed by atoms with Crippen molar-refractivity contribution in [3.05, 3.63) is 53.6 Å². The van der Waals surface area contributed by atoms with Gasteiger partial charge in [0, 0.05) is 31.9 Å². The fourth-order valence-corrected chi connectivity index (χ4v) is 4.10. The maximum atomic E-state index is 12.8. The smallest absolute Gasteiger partial charge is 0.267 e. The predicted molar refractivity (Wildman–Crippen MR) is 121 cm³/mol. The van der Waals surface area contributed by atoms with Crippen molar-refractivity contribution in [1.29, 1.82) is 0 Å². The number of amides is 2. The second-order valence-electron chi connectivity index (χ2n) is 8.67. The molecule has 0 aromatic heterocycles. The molecule has 0 radical (unpaired) electrons. The van der Waals surface area contributed by atoms with Crippen LogP contribution in [-0.4, -0.2) is 36.2 Å². The highest BCUT2D eigenvalue weighted by Crippen LogP contribution is 2.35. The average molecular weight is 420 g/mol. The van der Waals surface area contributed by atoms with Crippen molar-refractivity contribution < 1.29 is 14.3 Å². The summed E-state index contributed by atoms with van der Waals surface area (Å²) in [6.07, 6.45) is 2.44. The lowest BCUT2D eigenvalue weighted by molar-refractivity contribution is -0.130. The zero-order valence-electron chi connectivity index (χ0n) is 18.4. The van der Waals surface area contributed by atoms with Crippen LogP contribution in [-0.2, 0) is 16.0 Å². The highest BCUT2D eigenvalue weighted by atomic mass is 16.5. The number of hydrazone groups is 1. The molecule has 2 aromatic rings. The van der Waals surface area contributed by atoms with E-state index in [-0.39, 0.29) is 17.9 Å². The van der Waals surface area contributed by atoms with Crippen LogP contribution < -0.4 is 10.1 Å². The average Bonchev–Trinajstić information content (AvgIpc) is 2.76. The molecule has 0 fully saturated rings. The van der Waals surface area contributed by atoms with Gasteiger partial charge in [-0.3, -0.25) is 9.59 Å². The molecule has 2 amide bonds. The molecular weight excluding hydrogens is 390 g/mol. The largest absolute Gasteiger partial charge is 0.493 e. The number of ether oxygens (including phenoxy) is 1. The quantitative estimate of drug-likeness (QED) is 0.793. The first-order valence-corrected chi connectivity index (χ1v) is 10.9. The van der Waals surface area contributed by atoms with E-state index in [1.165, 1.54) is 10.6 Å². The third kappa shape index (κ3) is 4.79. The summed E-state index contributed by atoms with van der Waals surface area (Å²) in [6, 6.07) is 14.7. The normalized spacial score (nSPS) is 18.3. The SMILES string of the molecule is CC(C)Cc1ccc(-c2ccc3c(c2)C(NC(=O)C2=NN(C)C(=O)CC2)CCO3)cc1. The first-order chi connectivity index (χ1) is 14.9. The van der Waals surface area contributed by atoms with Crippen molar-refractivity contribution in [3.63, 3.8) is 0 Å². The summed E-state index contributed by atoms with van der Waals surface area (Å²) in [5, 5.41) is 8.48. The van der Waals surface area contributed by atoms with Gasteiger partial charge in [-0.2, -0.15) is 5.10 Å². The molecule has 6 heteroatoms. The van der Waals surface area contributed by atoms with E-state index < -0.39 is 0 Å². The van der Waals surface area contributed by atoms with E-state index >= 15 is 0 Å². The third-order valence-corrected chi connectivity index (χ3v) is 5.76. The van der Waals surface area contributed by atoms with Crippen LogP contribution in [0.3, 0.4) is 0 Å². The summed E-state index contributed by atoms with van der Waals surface area (Å²) in [4.78, 5) is 24.4. The van der Waals surface area contributed by atoms with Crippen LogP contribution in [0.25, 0.3) is 11.1 Å². The van der Waals surface area contributed by atoms with Crippen molar-refractivity contribution in [1.82, 2.24) is 10.3 Å². The molecule has 1 N–H and O–H groups in total. The molecule has 1 atom stereocenters. The standard InChI is InChI=1S/C25H29N3O3/c1-16(2)14-17-4-6-18(7-5-17)19-8-10-23-20(15-19)21(12-13-31-23)26-25(30)22-9-11-24(29)28(3)27-22/h4-8,10,15-16,21H,9,11-14H2,1-3H3,(H,26,30). The van der Waals surface area contributed by atoms with Gasteiger partial charge in [0.2, 0.25) is 5.91 Å². The Morgan fingerprint density at radius 1 is 1.16 bits per heavy atom. The zero-order chi connectivity index (χ0) is 22.0. The maximum Gasteiger partial charge on any atom is 0.267 e. The van der Waals surface area contributed by atoms with Gasteiger partial charge in [-0.1, -0.05) is 44.2 Å². The van der Waals surface area contributed by atoms with Gasteiger partial charge < -0.3 is 10.1 Å². The number of hydrogen-bond donors (Lipinski definition) is 1. The van der Waals surface area contributed by atoms with Gasteiger partial charge in [-0.05, 0) is 41.2 Å². The molecule has 2 heterocycles. The number of fused-ring (bicyclic) bond motifs is 1. The molecule has 0 spiro atoms. The molecule has 6 nitrogen and oxygen atoms in total. The van der Waals surface area contributed by atoms with E-state index in [1.54, 1.807) is 7.05 Å². The Balaban J connectivity index is 1.54. The molecule has 0 saturated carbocycles. The van der Waals surface area contributed by atoms with Crippen molar-refractivity contribution in [3.8, 4) is 16.9 Å². The van der Waals surface area contributed by atoms with Crippen LogP contribution in [0.4, 0.5) is 0 Å². The summed E-state index contributed by atoms with van der Waals surface area (Å²) in [7, 11) is 1.58. The van der Waals surface area contributed by atoms with Crippen molar-refractivity contribution in [2.24, 2.45) is 11.0 Å². The first-order valence-electron chi connectivity index (χ1n) is 10.9. The molecule has 2 aliphatic rings. The van der Waals surface area contributed by atoms with E-state index in [4.69, 9.17) is 4.74 Å². The molecule has 162 valence electrons. The lowest BCUT2D eigenvalue weighted by Gasteiger charge is -2.28. The van der Waals surface area contributed by atoms with Crippen LogP contribution >= 0.6 is 0 Å². The summed E-state index contributed by atoms with van der Waals surface area (Å²) in [5.74, 6) is 1.13. The Morgan fingerprint density at radius 3 is 2.61 bits per heavy atom. The van der Waals surface area contributed by atoms with Gasteiger partial charge in [0.1, 0.15) is 11.5 Å². The van der Waals surface area contributed by atoms with E-state index in [0.29, 0.717) is 37.5 Å². The number of nitrogens with zero attached hydrogens (tertiary/aromatic N) is 2. The first kappa shape index (κ1) is 21.1. The summed E-state index contributed by atoms with van der Waals surface area (Å²) in [5.41, 5.74) is 4.95. The molecule has 0 bridgehead atoms. The molecular formula is C25H29N3O3. The Labute approximate surface area is 183 Å². The fourth-order valence-electron chi connectivity index (χ4n) is 4.10. The fraction of sp³-hybridized carbons (Fsp3) is 0.400. The molecule has 0 saturated heterocycles. The molecule has 0 aliphatic carbocycles. The van der Waals surface area contributed by atoms with Gasteiger partial charge in [-0.25, -0.2) is 5.01 Å². The van der Waals surface area contributed by atoms with Crippen LogP contribution in [0.1, 0.15) is 50.3 Å². The molecule has 4 rings (SSSR count). The molecule has 2 aromatic carbocycles. The number of nitrogens with one attached hydrogen (secondary N) is 1. The topological polar surface area (TPSA) is 71.0 Å². The van der Waals surface area contributed by atoms with Crippen molar-refractivity contribution in [2.75, 3.05) is 13.7 Å². The van der Waals surface area contributed by atoms with Crippen LogP contribution in [0.5, 0.6) is 5.75 Å². The highest BCUT2D eigenvalue weighted by molar-refractivity contribution is 6.39. The van der Waals surface area contributed by atoms with Gasteiger partial charge >= 0.3 is 0 Å². The number of rotatable bonds is 5. The van der Waals surface area contributed by atoms with Crippen molar-refractivity contribution >= 4 is 17.5 Å². The predicted octanol–water partition coefficient (Wildman–Crippen LogP) is 4.10. The molecule has 1 unspecified atom stereocenters. The number of carbonyl (C=O) groups is 2. The van der Waals surface area contributed by atoms with Crippen LogP contribution in [0.15, 0.2) is 47.6 Å². The lowest BCUT2D eigenvalue weighted by atomic mass is 9.94. The Kier molecular flexibility index (Phi) is 6.07. The Hall–Kier alpha value is -3.15. The second kappa shape index (κ2) is 8.92. The van der Waals surface area contributed by atoms with Crippen molar-refractivity contribution in [2.45, 2.75) is 45.6 Å². The Bertz CT molecular complexity index is 1010. The van der Waals surface area contributed by atoms with E-state index in [0.717, 1.165) is 28.9 Å². The third-order valence-electron chi connectivity index (χ3n) is 5.76. The summed E-state index contributed by atoms with van der Waals surface area (Å²) >= 11 is 0. The number of hydrogen-bond acceptors (Lipinski definition) is 4. The van der Waals surface area contributed by atoms with E-state index in [1.807, 2.05) is 6.07 Å². The minimum Gasteiger partial charge on any atom is -0.493 e. The van der Waals surface area contributed by atoms with Gasteiger partial charge in [0.05, 0.1) is 12.6 Å². The Morgan fingerprint density at radius 2 is 1.90 bits per heavy atom. The van der Waals surface area contributed by atoms with Gasteiger partial charge in [-0.15, -0.1) is 0 Å². The summed E-state index contributed by atoms with van der Waals surface area (Å²) < 4.78 is 5.83. The minimum absolute atomic E-state index is 0.0722. The lowest BCUT2D eigenvalue weighted by Crippen LogP contribution is -2.40. The monoisotopic (exact) mass is 419 g/mol. The second-order valence-corrected chi connectivity index (χ2v) is 8.67. The molecule has 31 heavy (non-hydrogen) atoms. The number of benzene rings is 2. The highest BCUT2D eigenvalue weighted by Gasteiger charge is 2.27. The zero-order valence-corrected chi connectivity index (χ0v) is 18.4.